The second-order valence-electron chi connectivity index (χ2n) is 8.24. The van der Waals surface area contributed by atoms with E-state index in [9.17, 15) is 18.7 Å². The summed E-state index contributed by atoms with van der Waals surface area (Å²) in [6.07, 6.45) is 1.67. The highest BCUT2D eigenvalue weighted by Gasteiger charge is 2.21. The van der Waals surface area contributed by atoms with Crippen molar-refractivity contribution in [1.29, 1.82) is 0 Å². The molecule has 0 aliphatic carbocycles. The Morgan fingerprint density at radius 3 is 2.59 bits per heavy atom. The molecule has 0 spiro atoms. The molecule has 4 rings (SSSR count). The zero-order chi connectivity index (χ0) is 24.2. The van der Waals surface area contributed by atoms with Crippen LogP contribution in [0.5, 0.6) is 0 Å². The molecule has 1 unspecified atom stereocenters. The number of amides is 1. The van der Waals surface area contributed by atoms with E-state index in [1.54, 1.807) is 25.4 Å². The van der Waals surface area contributed by atoms with Crippen molar-refractivity contribution in [1.82, 2.24) is 14.9 Å². The maximum Gasteiger partial charge on any atom is 0.253 e. The van der Waals surface area contributed by atoms with Gasteiger partial charge in [0.1, 0.15) is 17.5 Å². The Morgan fingerprint density at radius 2 is 1.91 bits per heavy atom. The molecule has 180 valence electrons. The van der Waals surface area contributed by atoms with E-state index in [4.69, 9.17) is 9.72 Å². The largest absolute Gasteiger partial charge is 0.395 e. The minimum absolute atomic E-state index is 0.158. The third-order valence-corrected chi connectivity index (χ3v) is 5.74. The lowest BCUT2D eigenvalue weighted by Crippen LogP contribution is -2.36. The lowest BCUT2D eigenvalue weighted by atomic mass is 10.0. The lowest BCUT2D eigenvalue weighted by Gasteiger charge is -2.28. The van der Waals surface area contributed by atoms with Crippen molar-refractivity contribution in [2.24, 2.45) is 0 Å². The van der Waals surface area contributed by atoms with Crippen molar-refractivity contribution in [2.75, 3.05) is 56.7 Å². The number of aliphatic hydroxyl groups excluding tert-OH is 1. The number of ether oxygens (including phenoxy) is 1. The van der Waals surface area contributed by atoms with Crippen molar-refractivity contribution in [2.45, 2.75) is 13.0 Å². The van der Waals surface area contributed by atoms with Crippen molar-refractivity contribution in [3.8, 4) is 0 Å². The van der Waals surface area contributed by atoms with Gasteiger partial charge in [-0.1, -0.05) is 0 Å². The van der Waals surface area contributed by atoms with E-state index in [0.717, 1.165) is 6.07 Å². The molecule has 1 saturated heterocycles. The molecule has 1 atom stereocenters. The van der Waals surface area contributed by atoms with Gasteiger partial charge in [0.05, 0.1) is 43.1 Å². The summed E-state index contributed by atoms with van der Waals surface area (Å²) in [4.78, 5) is 25.8. The number of rotatable bonds is 7. The number of carbonyl (C=O) groups is 1. The standard InChI is InChI=1S/C24H27F2N5O3/c1-15(28-19-12-17(25)11-18(26)13-19)20-9-16(24(33)30(2)3-6-32)10-21-23(20)29-22(14-27-21)31-4-7-34-8-5-31/h9-15,28,32H,3-8H2,1-2H3. The molecular weight excluding hydrogens is 444 g/mol. The number of morpholine rings is 1. The summed E-state index contributed by atoms with van der Waals surface area (Å²) in [5.74, 6) is -0.968. The molecule has 0 saturated carbocycles. The van der Waals surface area contributed by atoms with Crippen LogP contribution in [-0.4, -0.2) is 72.4 Å². The Bertz CT molecular complexity index is 1170. The Balaban J connectivity index is 1.77. The van der Waals surface area contributed by atoms with Crippen LogP contribution in [0.4, 0.5) is 20.3 Å². The molecule has 1 aliphatic rings. The van der Waals surface area contributed by atoms with Gasteiger partial charge < -0.3 is 25.0 Å². The van der Waals surface area contributed by atoms with Gasteiger partial charge in [-0.2, -0.15) is 0 Å². The SMILES string of the molecule is CC(Nc1cc(F)cc(F)c1)c1cc(C(=O)N(C)CCO)cc2ncc(N3CCOCC3)nc12. The quantitative estimate of drug-likeness (QED) is 0.548. The molecule has 2 heterocycles. The Kier molecular flexibility index (Phi) is 7.18. The van der Waals surface area contributed by atoms with E-state index in [1.165, 1.54) is 17.0 Å². The molecule has 2 N–H and O–H groups in total. The van der Waals surface area contributed by atoms with Gasteiger partial charge in [0.25, 0.3) is 5.91 Å². The van der Waals surface area contributed by atoms with Crippen LogP contribution in [0.15, 0.2) is 36.5 Å². The monoisotopic (exact) mass is 471 g/mol. The first-order valence-corrected chi connectivity index (χ1v) is 11.1. The van der Waals surface area contributed by atoms with Crippen LogP contribution in [0.2, 0.25) is 0 Å². The van der Waals surface area contributed by atoms with Crippen LogP contribution < -0.4 is 10.2 Å². The van der Waals surface area contributed by atoms with Gasteiger partial charge in [-0.3, -0.25) is 9.78 Å². The Morgan fingerprint density at radius 1 is 1.21 bits per heavy atom. The molecule has 1 aromatic heterocycles. The third-order valence-electron chi connectivity index (χ3n) is 5.74. The molecule has 1 aliphatic heterocycles. The van der Waals surface area contributed by atoms with Crippen molar-refractivity contribution < 1.29 is 23.4 Å². The number of hydrogen-bond acceptors (Lipinski definition) is 7. The first kappa shape index (κ1) is 23.8. The van der Waals surface area contributed by atoms with Crippen LogP contribution in [-0.2, 0) is 4.74 Å². The highest BCUT2D eigenvalue weighted by molar-refractivity contribution is 5.98. The van der Waals surface area contributed by atoms with Crippen molar-refractivity contribution in [3.05, 3.63) is 59.3 Å². The average molecular weight is 472 g/mol. The molecule has 0 radical (unpaired) electrons. The van der Waals surface area contributed by atoms with E-state index in [0.29, 0.717) is 54.3 Å². The number of benzene rings is 2. The molecule has 0 bridgehead atoms. The topological polar surface area (TPSA) is 90.8 Å². The normalized spacial score (nSPS) is 14.8. The second-order valence-corrected chi connectivity index (χ2v) is 8.24. The summed E-state index contributed by atoms with van der Waals surface area (Å²) in [7, 11) is 1.60. The van der Waals surface area contributed by atoms with Gasteiger partial charge in [-0.25, -0.2) is 13.8 Å². The molecular formula is C24H27F2N5O3. The summed E-state index contributed by atoms with van der Waals surface area (Å²) in [6.45, 7) is 4.43. The Hall–Kier alpha value is -3.37. The first-order valence-electron chi connectivity index (χ1n) is 11.1. The number of likely N-dealkylation sites (N-methyl/N-ethyl adjacent to an activating group) is 1. The van der Waals surface area contributed by atoms with Gasteiger partial charge in [-0.15, -0.1) is 0 Å². The maximum atomic E-state index is 13.7. The zero-order valence-corrected chi connectivity index (χ0v) is 19.1. The smallest absolute Gasteiger partial charge is 0.253 e. The number of aliphatic hydroxyl groups is 1. The van der Waals surface area contributed by atoms with E-state index in [1.807, 2.05) is 6.92 Å². The van der Waals surface area contributed by atoms with Crippen molar-refractivity contribution in [3.63, 3.8) is 0 Å². The summed E-state index contributed by atoms with van der Waals surface area (Å²) < 4.78 is 32.9. The average Bonchev–Trinajstić information content (AvgIpc) is 2.82. The number of carbonyl (C=O) groups excluding carboxylic acids is 1. The van der Waals surface area contributed by atoms with Crippen LogP contribution in [0, 0.1) is 11.6 Å². The highest BCUT2D eigenvalue weighted by atomic mass is 19.1. The molecule has 1 amide bonds. The zero-order valence-electron chi connectivity index (χ0n) is 19.1. The predicted octanol–water partition coefficient (Wildman–Crippen LogP) is 2.98. The van der Waals surface area contributed by atoms with Crippen molar-refractivity contribution >= 4 is 28.4 Å². The maximum absolute atomic E-state index is 13.7. The predicted molar refractivity (Wildman–Crippen MR) is 125 cm³/mol. The van der Waals surface area contributed by atoms with E-state index in [-0.39, 0.29) is 24.7 Å². The number of nitrogens with zero attached hydrogens (tertiary/aromatic N) is 4. The first-order chi connectivity index (χ1) is 16.4. The third kappa shape index (κ3) is 5.23. The van der Waals surface area contributed by atoms with Crippen LogP contribution in [0.3, 0.4) is 0 Å². The number of aromatic nitrogens is 2. The van der Waals surface area contributed by atoms with Gasteiger partial charge in [0.2, 0.25) is 0 Å². The minimum Gasteiger partial charge on any atom is -0.395 e. The van der Waals surface area contributed by atoms with Gasteiger partial charge in [0, 0.05) is 49.6 Å². The fourth-order valence-electron chi connectivity index (χ4n) is 3.97. The van der Waals surface area contributed by atoms with Gasteiger partial charge >= 0.3 is 0 Å². The second kappa shape index (κ2) is 10.3. The highest BCUT2D eigenvalue weighted by Crippen LogP contribution is 2.29. The summed E-state index contributed by atoms with van der Waals surface area (Å²) in [5.41, 5.74) is 2.41. The molecule has 1 fully saturated rings. The molecule has 8 nitrogen and oxygen atoms in total. The van der Waals surface area contributed by atoms with E-state index < -0.39 is 17.7 Å². The van der Waals surface area contributed by atoms with E-state index >= 15 is 0 Å². The molecule has 10 heteroatoms. The minimum atomic E-state index is -0.691. The van der Waals surface area contributed by atoms with Gasteiger partial charge in [-0.05, 0) is 31.2 Å². The van der Waals surface area contributed by atoms with Crippen LogP contribution >= 0.6 is 0 Å². The van der Waals surface area contributed by atoms with Crippen LogP contribution in [0.1, 0.15) is 28.9 Å². The molecule has 2 aromatic carbocycles. The summed E-state index contributed by atoms with van der Waals surface area (Å²) >= 11 is 0. The number of hydrogen-bond donors (Lipinski definition) is 2. The molecule has 3 aromatic rings. The number of nitrogens with one attached hydrogen (secondary N) is 1. The Labute approximate surface area is 196 Å². The number of halogens is 2. The fraction of sp³-hybridized carbons (Fsp3) is 0.375. The fourth-order valence-corrected chi connectivity index (χ4v) is 3.97. The van der Waals surface area contributed by atoms with E-state index in [2.05, 4.69) is 15.2 Å². The number of fused-ring (bicyclic) bond motifs is 1. The summed E-state index contributed by atoms with van der Waals surface area (Å²) in [5, 5.41) is 12.3. The van der Waals surface area contributed by atoms with Gasteiger partial charge in [0.15, 0.2) is 0 Å². The molecule has 34 heavy (non-hydrogen) atoms. The number of anilines is 2. The lowest BCUT2D eigenvalue weighted by molar-refractivity contribution is 0.0767. The van der Waals surface area contributed by atoms with Crippen LogP contribution in [0.25, 0.3) is 11.0 Å². The summed E-state index contributed by atoms with van der Waals surface area (Å²) in [6, 6.07) is 6.15.